The first kappa shape index (κ1) is 25.1. The van der Waals surface area contributed by atoms with E-state index in [1.807, 2.05) is 38.1 Å². The van der Waals surface area contributed by atoms with Gasteiger partial charge in [0.15, 0.2) is 29.6 Å². The molecule has 6 nitrogen and oxygen atoms in total. The fourth-order valence-corrected chi connectivity index (χ4v) is 4.30. The van der Waals surface area contributed by atoms with E-state index in [9.17, 15) is 9.59 Å². The SMILES string of the molecule is CCOc1cc(/C=C2\N=C(c3ccc(I)c(C)c3)OC2=O)cc(Br)c1OCC(=O)c1ccccc1. The zero-order valence-electron chi connectivity index (χ0n) is 19.0. The molecule has 35 heavy (non-hydrogen) atoms. The van der Waals surface area contributed by atoms with Crippen molar-refractivity contribution >= 4 is 62.2 Å². The first-order valence-corrected chi connectivity index (χ1v) is 12.7. The summed E-state index contributed by atoms with van der Waals surface area (Å²) in [6, 6.07) is 18.2. The molecule has 0 saturated carbocycles. The number of halogens is 2. The Hall–Kier alpha value is -2.98. The van der Waals surface area contributed by atoms with Gasteiger partial charge in [-0.05, 0) is 99.9 Å². The Morgan fingerprint density at radius 3 is 2.60 bits per heavy atom. The third kappa shape index (κ3) is 5.99. The molecule has 0 fully saturated rings. The molecule has 0 bridgehead atoms. The van der Waals surface area contributed by atoms with Crippen LogP contribution in [0.2, 0.25) is 0 Å². The van der Waals surface area contributed by atoms with Crippen LogP contribution in [0.15, 0.2) is 75.8 Å². The minimum absolute atomic E-state index is 0.140. The monoisotopic (exact) mass is 645 g/mol. The summed E-state index contributed by atoms with van der Waals surface area (Å²) in [5.41, 5.74) is 3.23. The zero-order valence-corrected chi connectivity index (χ0v) is 22.8. The van der Waals surface area contributed by atoms with E-state index in [0.29, 0.717) is 33.7 Å². The number of Topliss-reactive ketones (excluding diaryl/α,β-unsaturated/α-hetero) is 1. The Kier molecular flexibility index (Phi) is 8.02. The first-order chi connectivity index (χ1) is 16.9. The van der Waals surface area contributed by atoms with Crippen LogP contribution in [0.3, 0.4) is 0 Å². The molecule has 0 unspecified atom stereocenters. The highest BCUT2D eigenvalue weighted by Gasteiger charge is 2.25. The number of carbonyl (C=O) groups excluding carboxylic acids is 2. The molecule has 0 N–H and O–H groups in total. The topological polar surface area (TPSA) is 74.2 Å². The van der Waals surface area contributed by atoms with Crippen molar-refractivity contribution in [1.82, 2.24) is 0 Å². The van der Waals surface area contributed by atoms with Crippen LogP contribution in [0.5, 0.6) is 11.5 Å². The van der Waals surface area contributed by atoms with E-state index in [2.05, 4.69) is 43.5 Å². The van der Waals surface area contributed by atoms with Gasteiger partial charge in [-0.25, -0.2) is 9.79 Å². The Balaban J connectivity index is 1.59. The van der Waals surface area contributed by atoms with Crippen molar-refractivity contribution in [3.05, 3.63) is 96.7 Å². The molecule has 0 radical (unpaired) electrons. The molecule has 1 aliphatic heterocycles. The number of nitrogens with zero attached hydrogens (tertiary/aromatic N) is 1. The van der Waals surface area contributed by atoms with Gasteiger partial charge in [-0.1, -0.05) is 30.3 Å². The standard InChI is InChI=1S/C27H21BrINO5/c1-3-33-24-14-17(12-20(28)25(24)34-15-23(31)18-7-5-4-6-8-18)13-22-27(32)35-26(30-22)19-9-10-21(29)16(2)11-19/h4-14H,3,15H2,1-2H3/b22-13-. The Morgan fingerprint density at radius 1 is 1.11 bits per heavy atom. The van der Waals surface area contributed by atoms with Gasteiger partial charge in [0.1, 0.15) is 0 Å². The minimum Gasteiger partial charge on any atom is -0.490 e. The average molecular weight is 646 g/mol. The summed E-state index contributed by atoms with van der Waals surface area (Å²) >= 11 is 5.75. The third-order valence-corrected chi connectivity index (χ3v) is 6.90. The van der Waals surface area contributed by atoms with E-state index < -0.39 is 5.97 Å². The van der Waals surface area contributed by atoms with E-state index in [1.54, 1.807) is 42.5 Å². The molecule has 0 aliphatic carbocycles. The molecule has 4 rings (SSSR count). The zero-order chi connectivity index (χ0) is 24.9. The van der Waals surface area contributed by atoms with Crippen LogP contribution in [0, 0.1) is 10.5 Å². The molecule has 178 valence electrons. The predicted molar refractivity (Wildman–Crippen MR) is 146 cm³/mol. The molecule has 0 saturated heterocycles. The Bertz CT molecular complexity index is 1350. The maximum atomic E-state index is 12.5. The van der Waals surface area contributed by atoms with Crippen molar-refractivity contribution in [1.29, 1.82) is 0 Å². The lowest BCUT2D eigenvalue weighted by atomic mass is 10.1. The lowest BCUT2D eigenvalue weighted by Crippen LogP contribution is -2.12. The molecular formula is C27H21BrINO5. The number of rotatable bonds is 8. The molecule has 1 heterocycles. The van der Waals surface area contributed by atoms with Crippen LogP contribution in [-0.2, 0) is 9.53 Å². The van der Waals surface area contributed by atoms with Gasteiger partial charge >= 0.3 is 5.97 Å². The number of hydrogen-bond donors (Lipinski definition) is 0. The van der Waals surface area contributed by atoms with E-state index in [0.717, 1.165) is 14.7 Å². The minimum atomic E-state index is -0.529. The number of aliphatic imine (C=N–C) groups is 1. The van der Waals surface area contributed by atoms with Crippen molar-refractivity contribution in [2.45, 2.75) is 13.8 Å². The number of ketones is 1. The van der Waals surface area contributed by atoms with Crippen molar-refractivity contribution in [2.24, 2.45) is 4.99 Å². The molecular weight excluding hydrogens is 625 g/mol. The fraction of sp³-hybridized carbons (Fsp3) is 0.148. The summed E-state index contributed by atoms with van der Waals surface area (Å²) in [7, 11) is 0. The normalized spacial score (nSPS) is 14.0. The maximum Gasteiger partial charge on any atom is 0.363 e. The second-order valence-electron chi connectivity index (χ2n) is 7.64. The Morgan fingerprint density at radius 2 is 1.89 bits per heavy atom. The van der Waals surface area contributed by atoms with Crippen molar-refractivity contribution in [3.63, 3.8) is 0 Å². The summed E-state index contributed by atoms with van der Waals surface area (Å²) in [5, 5.41) is 0. The molecule has 0 atom stereocenters. The van der Waals surface area contributed by atoms with Crippen LogP contribution in [0.25, 0.3) is 6.08 Å². The average Bonchev–Trinajstić information content (AvgIpc) is 3.21. The van der Waals surface area contributed by atoms with Gasteiger partial charge in [-0.2, -0.15) is 0 Å². The van der Waals surface area contributed by atoms with Gasteiger partial charge < -0.3 is 14.2 Å². The summed E-state index contributed by atoms with van der Waals surface area (Å²) in [6.07, 6.45) is 1.63. The maximum absolute atomic E-state index is 12.5. The quantitative estimate of drug-likeness (QED) is 0.123. The van der Waals surface area contributed by atoms with E-state index >= 15 is 0 Å². The predicted octanol–water partition coefficient (Wildman–Crippen LogP) is 6.37. The van der Waals surface area contributed by atoms with Gasteiger partial charge in [-0.15, -0.1) is 0 Å². The molecule has 1 aliphatic rings. The Labute approximate surface area is 225 Å². The van der Waals surface area contributed by atoms with Gasteiger partial charge in [0.05, 0.1) is 11.1 Å². The lowest BCUT2D eigenvalue weighted by Gasteiger charge is -2.14. The van der Waals surface area contributed by atoms with Crippen LogP contribution in [0.1, 0.15) is 34.0 Å². The second kappa shape index (κ2) is 11.2. The van der Waals surface area contributed by atoms with Crippen molar-refractivity contribution < 1.29 is 23.8 Å². The van der Waals surface area contributed by atoms with Crippen molar-refractivity contribution in [3.8, 4) is 11.5 Å². The molecule has 0 spiro atoms. The smallest absolute Gasteiger partial charge is 0.363 e. The fourth-order valence-electron chi connectivity index (χ4n) is 3.39. The van der Waals surface area contributed by atoms with E-state index in [4.69, 9.17) is 14.2 Å². The molecule has 0 amide bonds. The van der Waals surface area contributed by atoms with Gasteiger partial charge in [0.25, 0.3) is 0 Å². The largest absolute Gasteiger partial charge is 0.490 e. The second-order valence-corrected chi connectivity index (χ2v) is 9.66. The number of carbonyl (C=O) groups is 2. The third-order valence-electron chi connectivity index (χ3n) is 5.10. The van der Waals surface area contributed by atoms with E-state index in [-0.39, 0.29) is 24.0 Å². The molecule has 3 aromatic rings. The van der Waals surface area contributed by atoms with Crippen molar-refractivity contribution in [2.75, 3.05) is 13.2 Å². The van der Waals surface area contributed by atoms with Crippen LogP contribution in [0.4, 0.5) is 0 Å². The van der Waals surface area contributed by atoms with Gasteiger partial charge in [-0.3, -0.25) is 4.79 Å². The number of benzene rings is 3. The van der Waals surface area contributed by atoms with Crippen LogP contribution >= 0.6 is 38.5 Å². The highest BCUT2D eigenvalue weighted by molar-refractivity contribution is 14.1. The summed E-state index contributed by atoms with van der Waals surface area (Å²) in [4.78, 5) is 29.3. The van der Waals surface area contributed by atoms with Crippen LogP contribution < -0.4 is 9.47 Å². The van der Waals surface area contributed by atoms with E-state index in [1.165, 1.54) is 0 Å². The number of ether oxygens (including phenoxy) is 3. The van der Waals surface area contributed by atoms with Crippen LogP contribution in [-0.4, -0.2) is 30.9 Å². The highest BCUT2D eigenvalue weighted by Crippen LogP contribution is 2.38. The summed E-state index contributed by atoms with van der Waals surface area (Å²) < 4.78 is 18.7. The summed E-state index contributed by atoms with van der Waals surface area (Å²) in [5.74, 6) is 0.445. The molecule has 0 aromatic heterocycles. The molecule has 8 heteroatoms. The summed E-state index contributed by atoms with van der Waals surface area (Å²) in [6.45, 7) is 4.10. The number of esters is 1. The lowest BCUT2D eigenvalue weighted by molar-refractivity contribution is -0.129. The van der Waals surface area contributed by atoms with Gasteiger partial charge in [0, 0.05) is 14.7 Å². The van der Waals surface area contributed by atoms with Gasteiger partial charge in [0.2, 0.25) is 5.90 Å². The molecule has 3 aromatic carbocycles. The number of hydrogen-bond acceptors (Lipinski definition) is 6. The number of cyclic esters (lactones) is 1. The first-order valence-electron chi connectivity index (χ1n) is 10.8. The number of aryl methyl sites for hydroxylation is 1. The highest BCUT2D eigenvalue weighted by atomic mass is 127.